The predicted octanol–water partition coefficient (Wildman–Crippen LogP) is 4.65. The van der Waals surface area contributed by atoms with E-state index >= 15 is 0 Å². The van der Waals surface area contributed by atoms with Crippen LogP contribution < -0.4 is 0 Å². The Morgan fingerprint density at radius 3 is 1.80 bits per heavy atom. The second-order valence-corrected chi connectivity index (χ2v) is 8.82. The van der Waals surface area contributed by atoms with Gasteiger partial charge >= 0.3 is 11.9 Å². The van der Waals surface area contributed by atoms with E-state index in [0.717, 1.165) is 30.6 Å². The van der Waals surface area contributed by atoms with Crippen molar-refractivity contribution in [2.45, 2.75) is 84.0 Å². The van der Waals surface area contributed by atoms with Gasteiger partial charge in [0.2, 0.25) is 0 Å². The molecule has 0 aromatic carbocycles. The molecule has 4 fully saturated rings. The van der Waals surface area contributed by atoms with Crippen molar-refractivity contribution in [1.82, 2.24) is 0 Å². The number of ether oxygens (including phenoxy) is 2. The molecule has 0 unspecified atom stereocenters. The molecule has 4 aliphatic rings. The van der Waals surface area contributed by atoms with Crippen molar-refractivity contribution in [1.29, 1.82) is 0 Å². The van der Waals surface area contributed by atoms with Crippen LogP contribution in [0.1, 0.15) is 84.0 Å². The molecule has 0 aromatic heterocycles. The molecular formula is C21H34O4. The second kappa shape index (κ2) is 8.55. The molecule has 0 saturated heterocycles. The van der Waals surface area contributed by atoms with Crippen LogP contribution in [0.2, 0.25) is 0 Å². The first-order chi connectivity index (χ1) is 12.1. The van der Waals surface area contributed by atoms with Crippen LogP contribution in [0.4, 0.5) is 0 Å². The fourth-order valence-corrected chi connectivity index (χ4v) is 5.88. The molecule has 142 valence electrons. The van der Waals surface area contributed by atoms with E-state index in [0.29, 0.717) is 44.3 Å². The Balaban J connectivity index is 1.27. The van der Waals surface area contributed by atoms with Crippen molar-refractivity contribution >= 4 is 11.9 Å². The number of hydrogen-bond donors (Lipinski definition) is 0. The van der Waals surface area contributed by atoms with Gasteiger partial charge in [-0.15, -0.1) is 0 Å². The van der Waals surface area contributed by atoms with Gasteiger partial charge in [0.15, 0.2) is 0 Å². The fraction of sp³-hybridized carbons (Fsp3) is 0.905. The van der Waals surface area contributed by atoms with Crippen molar-refractivity contribution in [3.8, 4) is 0 Å². The van der Waals surface area contributed by atoms with Gasteiger partial charge in [-0.2, -0.15) is 0 Å². The van der Waals surface area contributed by atoms with Gasteiger partial charge in [0.05, 0.1) is 13.2 Å². The van der Waals surface area contributed by atoms with E-state index in [9.17, 15) is 9.59 Å². The maximum atomic E-state index is 11.9. The molecule has 4 saturated carbocycles. The van der Waals surface area contributed by atoms with Crippen molar-refractivity contribution in [2.75, 3.05) is 13.2 Å². The summed E-state index contributed by atoms with van der Waals surface area (Å²) >= 11 is 0. The average molecular weight is 350 g/mol. The molecule has 0 heterocycles. The van der Waals surface area contributed by atoms with E-state index in [1.54, 1.807) is 0 Å². The van der Waals surface area contributed by atoms with Crippen molar-refractivity contribution in [2.24, 2.45) is 23.2 Å². The van der Waals surface area contributed by atoms with E-state index in [1.807, 2.05) is 6.92 Å². The average Bonchev–Trinajstić information content (AvgIpc) is 2.55. The quantitative estimate of drug-likeness (QED) is 0.425. The van der Waals surface area contributed by atoms with Crippen LogP contribution >= 0.6 is 0 Å². The molecule has 0 N–H and O–H groups in total. The first kappa shape index (κ1) is 18.7. The van der Waals surface area contributed by atoms with Gasteiger partial charge in [-0.1, -0.05) is 6.92 Å². The topological polar surface area (TPSA) is 52.6 Å². The number of rotatable bonds is 10. The fourth-order valence-electron chi connectivity index (χ4n) is 5.88. The summed E-state index contributed by atoms with van der Waals surface area (Å²) in [5.41, 5.74) is 0.484. The summed E-state index contributed by atoms with van der Waals surface area (Å²) in [5, 5.41) is 0. The first-order valence-electron chi connectivity index (χ1n) is 10.4. The zero-order chi connectivity index (χ0) is 17.7. The highest BCUT2D eigenvalue weighted by Crippen LogP contribution is 2.61. The molecule has 0 atom stereocenters. The number of carbonyl (C=O) groups excluding carboxylic acids is 2. The van der Waals surface area contributed by atoms with Crippen LogP contribution in [0.25, 0.3) is 0 Å². The number of hydrogen-bond acceptors (Lipinski definition) is 4. The highest BCUT2D eigenvalue weighted by atomic mass is 16.5. The normalized spacial score (nSPS) is 32.6. The number of esters is 2. The molecule has 4 bridgehead atoms. The first-order valence-corrected chi connectivity index (χ1v) is 10.4. The third-order valence-corrected chi connectivity index (χ3v) is 6.54. The third kappa shape index (κ3) is 5.21. The molecule has 4 heteroatoms. The molecule has 0 aliphatic heterocycles. The summed E-state index contributed by atoms with van der Waals surface area (Å²) in [5.74, 6) is 2.60. The van der Waals surface area contributed by atoms with E-state index in [4.69, 9.17) is 9.47 Å². The second-order valence-electron chi connectivity index (χ2n) is 8.82. The van der Waals surface area contributed by atoms with Gasteiger partial charge in [0.25, 0.3) is 0 Å². The summed E-state index contributed by atoms with van der Waals surface area (Å²) in [6, 6.07) is 0. The van der Waals surface area contributed by atoms with E-state index < -0.39 is 0 Å². The molecule has 0 aromatic rings. The van der Waals surface area contributed by atoms with Gasteiger partial charge in [-0.25, -0.2) is 0 Å². The molecule has 4 aliphatic carbocycles. The Hall–Kier alpha value is -1.06. The summed E-state index contributed by atoms with van der Waals surface area (Å²) in [4.78, 5) is 23.3. The van der Waals surface area contributed by atoms with Crippen LogP contribution in [0.3, 0.4) is 0 Å². The monoisotopic (exact) mass is 350 g/mol. The third-order valence-electron chi connectivity index (χ3n) is 6.54. The summed E-state index contributed by atoms with van der Waals surface area (Å²) in [6.07, 6.45) is 12.6. The summed E-state index contributed by atoms with van der Waals surface area (Å²) < 4.78 is 10.5. The number of unbranched alkanes of at least 4 members (excludes halogenated alkanes) is 1. The van der Waals surface area contributed by atoms with E-state index in [1.165, 1.54) is 38.5 Å². The van der Waals surface area contributed by atoms with Crippen LogP contribution in [0, 0.1) is 23.2 Å². The standard InChI is InChI=1S/C21H34O4/c1-2-8-24-19(22)5-3-4-6-20(23)25-9-7-21-13-16-10-17(14-21)12-18(11-16)15-21/h16-18H,2-15H2,1H3. The van der Waals surface area contributed by atoms with E-state index in [-0.39, 0.29) is 11.9 Å². The number of carbonyl (C=O) groups is 2. The lowest BCUT2D eigenvalue weighted by Gasteiger charge is -2.57. The van der Waals surface area contributed by atoms with Gasteiger partial charge in [0.1, 0.15) is 0 Å². The molecular weight excluding hydrogens is 316 g/mol. The van der Waals surface area contributed by atoms with Gasteiger partial charge in [-0.05, 0) is 87.4 Å². The Morgan fingerprint density at radius 1 is 0.840 bits per heavy atom. The lowest BCUT2D eigenvalue weighted by molar-refractivity contribution is -0.147. The molecule has 0 amide bonds. The van der Waals surface area contributed by atoms with Crippen LogP contribution in [-0.2, 0) is 19.1 Å². The Bertz CT molecular complexity index is 435. The SMILES string of the molecule is CCCOC(=O)CCCCC(=O)OCCC12CC3CC(CC(C3)C1)C2. The minimum atomic E-state index is -0.156. The summed E-state index contributed by atoms with van der Waals surface area (Å²) in [7, 11) is 0. The summed E-state index contributed by atoms with van der Waals surface area (Å²) in [6.45, 7) is 3.06. The highest BCUT2D eigenvalue weighted by molar-refractivity contribution is 5.70. The minimum absolute atomic E-state index is 0.105. The van der Waals surface area contributed by atoms with Crippen molar-refractivity contribution < 1.29 is 19.1 Å². The highest BCUT2D eigenvalue weighted by Gasteiger charge is 2.50. The molecule has 0 spiro atoms. The van der Waals surface area contributed by atoms with Crippen LogP contribution in [0.15, 0.2) is 0 Å². The van der Waals surface area contributed by atoms with Crippen molar-refractivity contribution in [3.05, 3.63) is 0 Å². The maximum Gasteiger partial charge on any atom is 0.305 e. The van der Waals surface area contributed by atoms with Gasteiger partial charge < -0.3 is 9.47 Å². The van der Waals surface area contributed by atoms with Crippen LogP contribution in [-0.4, -0.2) is 25.2 Å². The minimum Gasteiger partial charge on any atom is -0.466 e. The maximum absolute atomic E-state index is 11.9. The predicted molar refractivity (Wildman–Crippen MR) is 95.9 cm³/mol. The Morgan fingerprint density at radius 2 is 1.32 bits per heavy atom. The van der Waals surface area contributed by atoms with Gasteiger partial charge in [0, 0.05) is 12.8 Å². The lowest BCUT2D eigenvalue weighted by Crippen LogP contribution is -2.46. The lowest BCUT2D eigenvalue weighted by atomic mass is 9.49. The largest absolute Gasteiger partial charge is 0.466 e. The molecule has 0 radical (unpaired) electrons. The zero-order valence-corrected chi connectivity index (χ0v) is 15.8. The van der Waals surface area contributed by atoms with E-state index in [2.05, 4.69) is 0 Å². The molecule has 25 heavy (non-hydrogen) atoms. The molecule has 4 rings (SSSR count). The Labute approximate surface area is 152 Å². The molecule has 4 nitrogen and oxygen atoms in total. The van der Waals surface area contributed by atoms with Crippen molar-refractivity contribution in [3.63, 3.8) is 0 Å². The smallest absolute Gasteiger partial charge is 0.305 e. The van der Waals surface area contributed by atoms with Crippen LogP contribution in [0.5, 0.6) is 0 Å². The Kier molecular flexibility index (Phi) is 6.40. The zero-order valence-electron chi connectivity index (χ0n) is 15.8. The van der Waals surface area contributed by atoms with Gasteiger partial charge in [-0.3, -0.25) is 9.59 Å².